The maximum Gasteiger partial charge on any atom is 0.333 e. The summed E-state index contributed by atoms with van der Waals surface area (Å²) in [6.07, 6.45) is 4.50. The molecule has 18 heteroatoms. The molecule has 0 aliphatic carbocycles. The van der Waals surface area contributed by atoms with Gasteiger partial charge >= 0.3 is 5.97 Å². The summed E-state index contributed by atoms with van der Waals surface area (Å²) in [5.41, 5.74) is 0.802. The summed E-state index contributed by atoms with van der Waals surface area (Å²) >= 11 is 0. The molecule has 1 aromatic carbocycles. The first-order chi connectivity index (χ1) is 34.6. The molecule has 9 atom stereocenters. The van der Waals surface area contributed by atoms with Crippen LogP contribution in [0, 0.1) is 35.5 Å². The summed E-state index contributed by atoms with van der Waals surface area (Å²) < 4.78 is 12.2. The fourth-order valence-corrected chi connectivity index (χ4v) is 11.0. The second-order valence-corrected chi connectivity index (χ2v) is 21.4. The number of methoxy groups -OCH3 is 2. The van der Waals surface area contributed by atoms with Gasteiger partial charge in [0, 0.05) is 78.3 Å². The van der Waals surface area contributed by atoms with Crippen LogP contribution in [-0.4, -0.2) is 162 Å². The number of carbonyl (C=O) groups is 8. The summed E-state index contributed by atoms with van der Waals surface area (Å²) in [6, 6.07) is 5.22. The highest BCUT2D eigenvalue weighted by molar-refractivity contribution is 6.01. The largest absolute Gasteiger partial charge is 0.508 e. The lowest BCUT2D eigenvalue weighted by molar-refractivity contribution is -0.201. The minimum Gasteiger partial charge on any atom is -0.508 e. The number of likely N-dealkylation sites (N-methyl/N-ethyl adjacent to an activating group) is 2. The Hall–Kier alpha value is -4.78. The lowest BCUT2D eigenvalue weighted by atomic mass is 9.83. The van der Waals surface area contributed by atoms with Crippen LogP contribution in [0.15, 0.2) is 24.3 Å². The molecule has 4 rings (SSSR count). The first kappa shape index (κ1) is 60.8. The van der Waals surface area contributed by atoms with Crippen molar-refractivity contribution in [1.29, 1.82) is 0 Å². The number of hydrogen-bond donors (Lipinski definition) is 1. The van der Waals surface area contributed by atoms with Crippen molar-refractivity contribution in [1.82, 2.24) is 24.8 Å². The normalized spacial score (nSPS) is 19.7. The van der Waals surface area contributed by atoms with Gasteiger partial charge in [0.15, 0.2) is 5.78 Å². The van der Waals surface area contributed by atoms with E-state index in [0.29, 0.717) is 69.8 Å². The van der Waals surface area contributed by atoms with Crippen LogP contribution in [0.2, 0.25) is 0 Å². The Morgan fingerprint density at radius 2 is 1.48 bits per heavy atom. The summed E-state index contributed by atoms with van der Waals surface area (Å²) in [5, 5.41) is 11.8. The van der Waals surface area contributed by atoms with Crippen LogP contribution < -0.4 is 0 Å². The third-order valence-electron chi connectivity index (χ3n) is 15.4. The number of likely N-dealkylation sites (tertiary alicyclic amines) is 1. The Morgan fingerprint density at radius 3 is 2.05 bits per heavy atom. The number of amides is 5. The van der Waals surface area contributed by atoms with Gasteiger partial charge in [-0.15, -0.1) is 5.06 Å². The van der Waals surface area contributed by atoms with E-state index in [9.17, 15) is 43.5 Å². The van der Waals surface area contributed by atoms with Crippen LogP contribution in [0.3, 0.4) is 0 Å². The van der Waals surface area contributed by atoms with Crippen LogP contribution in [0.25, 0.3) is 0 Å². The summed E-state index contributed by atoms with van der Waals surface area (Å²) in [7, 11) is 6.72. The SMILES string of the molecule is CC[C@H](C)[C@@H]([C@@H](CC(=O)N1CCC[C@H]1[C@H](OC)[C@@H](C)C(=O)C[C@@H](Cc1ccc(O)cc1)C(=O)N1CCCCO1)OC)N(C)C(=O)[C@@H](CC(=O)[C@H](C(C)C)N(C)CCCCCC(=O)ON1C(=O)CCC1=O)C(C)C. The molecule has 0 bridgehead atoms. The molecule has 0 spiro atoms. The smallest absolute Gasteiger partial charge is 0.333 e. The van der Waals surface area contributed by atoms with E-state index in [4.69, 9.17) is 19.1 Å². The van der Waals surface area contributed by atoms with Crippen LogP contribution in [0.4, 0.5) is 0 Å². The number of unbranched alkanes of at least 4 members (excludes halogenated alkanes) is 2. The molecule has 1 aromatic rings. The van der Waals surface area contributed by atoms with E-state index in [2.05, 4.69) is 0 Å². The minimum absolute atomic E-state index is 0.0259. The quantitative estimate of drug-likeness (QED) is 0.0659. The first-order valence-corrected chi connectivity index (χ1v) is 26.8. The van der Waals surface area contributed by atoms with E-state index in [0.717, 1.165) is 18.4 Å². The number of benzene rings is 1. The van der Waals surface area contributed by atoms with Gasteiger partial charge in [0.05, 0.1) is 49.3 Å². The number of carbonyl (C=O) groups excluding carboxylic acids is 8. The lowest BCUT2D eigenvalue weighted by Gasteiger charge is -2.41. The highest BCUT2D eigenvalue weighted by atomic mass is 16.7. The van der Waals surface area contributed by atoms with Crippen molar-refractivity contribution in [2.24, 2.45) is 35.5 Å². The molecular formula is C55H87N5O13. The molecule has 410 valence electrons. The molecule has 1 N–H and O–H groups in total. The van der Waals surface area contributed by atoms with Crippen molar-refractivity contribution in [3.05, 3.63) is 29.8 Å². The highest BCUT2D eigenvalue weighted by Crippen LogP contribution is 2.33. The zero-order chi connectivity index (χ0) is 54.1. The van der Waals surface area contributed by atoms with Gasteiger partial charge in [-0.1, -0.05) is 73.4 Å². The fourth-order valence-electron chi connectivity index (χ4n) is 11.0. The standard InChI is InChI=1S/C55H87N5O13/c1-12-37(6)52(57(9)55(69)42(35(2)3)33-45(63)51(36(4)5)56(8)27-15-13-14-20-50(67)73-60-47(64)25-26-48(60)65)46(70-10)34-49(66)58-28-18-19-43(58)53(71-11)38(7)44(62)32-40(31-39-21-23-41(61)24-22-39)54(68)59-29-16-17-30-72-59/h21-24,35-38,40,42-43,46,51-53,61H,12-20,25-34H2,1-11H3/t37-,38-,40+,42-,43-,46+,51-,52-,53+/m0/s1. The number of hydroxylamine groups is 4. The van der Waals surface area contributed by atoms with E-state index in [1.54, 1.807) is 62.3 Å². The minimum atomic E-state index is -0.707. The number of ketones is 2. The molecule has 0 unspecified atom stereocenters. The fraction of sp³-hybridized carbons (Fsp3) is 0.745. The number of phenolic OH excluding ortho intramolecular Hbond substituents is 1. The Morgan fingerprint density at radius 1 is 0.808 bits per heavy atom. The molecule has 3 aliphatic rings. The van der Waals surface area contributed by atoms with Gasteiger partial charge in [-0.05, 0) is 94.0 Å². The van der Waals surface area contributed by atoms with Crippen molar-refractivity contribution in [2.45, 2.75) is 175 Å². The van der Waals surface area contributed by atoms with E-state index >= 15 is 0 Å². The van der Waals surface area contributed by atoms with Gasteiger partial charge < -0.3 is 29.2 Å². The zero-order valence-corrected chi connectivity index (χ0v) is 45.7. The third kappa shape index (κ3) is 16.9. The molecular weight excluding hydrogens is 939 g/mol. The number of nitrogens with zero attached hydrogens (tertiary/aromatic N) is 5. The third-order valence-corrected chi connectivity index (χ3v) is 15.4. The number of phenols is 1. The van der Waals surface area contributed by atoms with Crippen LogP contribution >= 0.6 is 0 Å². The number of imide groups is 1. The predicted octanol–water partition coefficient (Wildman–Crippen LogP) is 6.34. The van der Waals surface area contributed by atoms with Gasteiger partial charge in [-0.3, -0.25) is 43.3 Å². The Kier molecular flexibility index (Phi) is 24.4. The number of ether oxygens (including phenoxy) is 2. The molecule has 3 saturated heterocycles. The van der Waals surface area contributed by atoms with Gasteiger partial charge in [-0.25, -0.2) is 9.86 Å². The number of aromatic hydroxyl groups is 1. The van der Waals surface area contributed by atoms with Crippen molar-refractivity contribution in [2.75, 3.05) is 54.6 Å². The molecule has 3 fully saturated rings. The maximum atomic E-state index is 14.7. The molecule has 0 aromatic heterocycles. The van der Waals surface area contributed by atoms with Crippen molar-refractivity contribution >= 4 is 47.1 Å². The monoisotopic (exact) mass is 1030 g/mol. The predicted molar refractivity (Wildman–Crippen MR) is 273 cm³/mol. The van der Waals surface area contributed by atoms with E-state index in [1.807, 2.05) is 53.5 Å². The van der Waals surface area contributed by atoms with Crippen molar-refractivity contribution in [3.63, 3.8) is 0 Å². The highest BCUT2D eigenvalue weighted by Gasteiger charge is 2.44. The molecule has 0 radical (unpaired) electrons. The topological polar surface area (TPSA) is 210 Å². The van der Waals surface area contributed by atoms with E-state index in [-0.39, 0.29) is 97.7 Å². The molecule has 73 heavy (non-hydrogen) atoms. The zero-order valence-electron chi connectivity index (χ0n) is 45.7. The second kappa shape index (κ2) is 29.3. The van der Waals surface area contributed by atoms with Gasteiger partial charge in [0.1, 0.15) is 11.5 Å². The van der Waals surface area contributed by atoms with E-state index < -0.39 is 65.9 Å². The number of Topliss-reactive ketones (excluding diaryl/α,β-unsaturated/α-hetero) is 2. The first-order valence-electron chi connectivity index (χ1n) is 26.8. The van der Waals surface area contributed by atoms with Gasteiger partial charge in [0.2, 0.25) is 17.7 Å². The van der Waals surface area contributed by atoms with Gasteiger partial charge in [-0.2, -0.15) is 0 Å². The van der Waals surface area contributed by atoms with Crippen molar-refractivity contribution in [3.8, 4) is 5.75 Å². The number of hydrogen-bond acceptors (Lipinski definition) is 14. The molecule has 3 aliphatic heterocycles. The van der Waals surface area contributed by atoms with Crippen molar-refractivity contribution < 1.29 is 62.6 Å². The maximum absolute atomic E-state index is 14.7. The lowest BCUT2D eigenvalue weighted by Crippen LogP contribution is -2.54. The van der Waals surface area contributed by atoms with E-state index in [1.165, 1.54) is 5.06 Å². The Balaban J connectivity index is 1.41. The molecule has 5 amide bonds. The van der Waals surface area contributed by atoms with Crippen LogP contribution in [0.1, 0.15) is 144 Å². The average molecular weight is 1030 g/mol. The summed E-state index contributed by atoms with van der Waals surface area (Å²) in [4.78, 5) is 124. The summed E-state index contributed by atoms with van der Waals surface area (Å²) in [6.45, 7) is 15.6. The van der Waals surface area contributed by atoms with Gasteiger partial charge in [0.25, 0.3) is 11.8 Å². The van der Waals surface area contributed by atoms with Crippen LogP contribution in [-0.2, 0) is 63.9 Å². The molecule has 3 heterocycles. The molecule has 0 saturated carbocycles. The second-order valence-electron chi connectivity index (χ2n) is 21.4. The number of rotatable bonds is 30. The average Bonchev–Trinajstić information content (AvgIpc) is 3.98. The Labute approximate surface area is 434 Å². The molecule has 18 nitrogen and oxygen atoms in total. The van der Waals surface area contributed by atoms with Crippen LogP contribution in [0.5, 0.6) is 5.75 Å². The summed E-state index contributed by atoms with van der Waals surface area (Å²) in [5.74, 6) is -4.73. The Bertz CT molecular complexity index is 1990.